The molecule has 1 aliphatic heterocycles. The number of aromatic nitrogens is 1. The number of carbonyl (C=O) groups excluding carboxylic acids is 1. The van der Waals surface area contributed by atoms with Crippen LogP contribution in [-0.4, -0.2) is 36.8 Å². The molecule has 3 aromatic rings. The van der Waals surface area contributed by atoms with E-state index in [0.29, 0.717) is 0 Å². The molecule has 5 rings (SSSR count). The number of methoxy groups -OCH3 is 1. The lowest BCUT2D eigenvalue weighted by Crippen LogP contribution is -2.46. The predicted octanol–water partition coefficient (Wildman–Crippen LogP) is 6.98. The van der Waals surface area contributed by atoms with Crippen LogP contribution in [0.2, 0.25) is 0 Å². The molecule has 2 aliphatic rings. The summed E-state index contributed by atoms with van der Waals surface area (Å²) in [4.78, 5) is 15.7. The Morgan fingerprint density at radius 1 is 1.06 bits per heavy atom. The van der Waals surface area contributed by atoms with Gasteiger partial charge in [0.15, 0.2) is 6.10 Å². The highest BCUT2D eigenvalue weighted by molar-refractivity contribution is 6.08. The molecule has 2 heterocycles. The number of ether oxygens (including phenoxy) is 2. The van der Waals surface area contributed by atoms with Gasteiger partial charge in [0, 0.05) is 30.2 Å². The zero-order valence-electron chi connectivity index (χ0n) is 23.1. The number of likely N-dealkylation sites (N-methyl/N-ethyl adjacent to an activating group) is 1. The second-order valence-corrected chi connectivity index (χ2v) is 11.9. The van der Waals surface area contributed by atoms with Crippen molar-refractivity contribution in [1.82, 2.24) is 4.57 Å². The Hall–Kier alpha value is -2.79. The van der Waals surface area contributed by atoms with Crippen LogP contribution >= 0.6 is 0 Å². The fraction of sp³-hybridized carbons (Fsp3) is 0.516. The molecule has 0 amide bonds. The van der Waals surface area contributed by atoms with Crippen LogP contribution in [-0.2, 0) is 19.8 Å². The number of aryl methyl sites for hydroxylation is 2. The van der Waals surface area contributed by atoms with Crippen molar-refractivity contribution in [3.63, 3.8) is 0 Å². The van der Waals surface area contributed by atoms with Gasteiger partial charge in [-0.15, -0.1) is 0 Å². The minimum atomic E-state index is -0.827. The minimum Gasteiger partial charge on any atom is -0.467 e. The molecule has 0 N–H and O–H groups in total. The van der Waals surface area contributed by atoms with E-state index in [1.54, 1.807) is 0 Å². The second-order valence-electron chi connectivity index (χ2n) is 11.9. The van der Waals surface area contributed by atoms with Gasteiger partial charge in [0.25, 0.3) is 0 Å². The maximum Gasteiger partial charge on any atom is 0.339 e. The average Bonchev–Trinajstić information content (AvgIpc) is 3.40. The zero-order chi connectivity index (χ0) is 26.0. The molecule has 0 bridgehead atoms. The van der Waals surface area contributed by atoms with Gasteiger partial charge < -0.3 is 18.9 Å². The highest BCUT2D eigenvalue weighted by atomic mass is 16.6. The van der Waals surface area contributed by atoms with Crippen molar-refractivity contribution in [3.8, 4) is 11.1 Å². The van der Waals surface area contributed by atoms with Crippen LogP contribution in [0.3, 0.4) is 0 Å². The van der Waals surface area contributed by atoms with E-state index in [0.717, 1.165) is 28.8 Å². The first-order valence-electron chi connectivity index (χ1n) is 13.2. The molecule has 5 nitrogen and oxygen atoms in total. The van der Waals surface area contributed by atoms with Gasteiger partial charge in [0.2, 0.25) is 0 Å². The summed E-state index contributed by atoms with van der Waals surface area (Å²) in [5, 5.41) is 1.19. The van der Waals surface area contributed by atoms with Crippen LogP contribution in [0.25, 0.3) is 22.0 Å². The monoisotopic (exact) mass is 488 g/mol. The summed E-state index contributed by atoms with van der Waals surface area (Å²) in [6.07, 6.45) is 4.13. The molecule has 0 unspecified atom stereocenters. The quantitative estimate of drug-likeness (QED) is 0.372. The third-order valence-corrected chi connectivity index (χ3v) is 8.12. The molecule has 36 heavy (non-hydrogen) atoms. The molecule has 2 aromatic carbocycles. The molecule has 1 atom stereocenters. The molecule has 1 aliphatic carbocycles. The number of esters is 1. The first-order chi connectivity index (χ1) is 17.0. The number of hydrogen-bond acceptors (Lipinski definition) is 4. The molecular weight excluding hydrogens is 448 g/mol. The maximum absolute atomic E-state index is 13.3. The zero-order valence-corrected chi connectivity index (χ0v) is 23.1. The van der Waals surface area contributed by atoms with Crippen molar-refractivity contribution in [2.24, 2.45) is 0 Å². The van der Waals surface area contributed by atoms with Gasteiger partial charge in [-0.3, -0.25) is 0 Å². The number of nitrogens with zero attached hydrogens (tertiary/aromatic N) is 2. The van der Waals surface area contributed by atoms with Crippen molar-refractivity contribution in [2.45, 2.75) is 84.5 Å². The lowest BCUT2D eigenvalue weighted by atomic mass is 9.85. The van der Waals surface area contributed by atoms with Gasteiger partial charge in [-0.1, -0.05) is 42.7 Å². The molecule has 1 spiro atoms. The van der Waals surface area contributed by atoms with E-state index < -0.39 is 11.7 Å². The summed E-state index contributed by atoms with van der Waals surface area (Å²) in [7, 11) is 3.65. The lowest BCUT2D eigenvalue weighted by Gasteiger charge is -2.44. The molecule has 5 heteroatoms. The highest BCUT2D eigenvalue weighted by Crippen LogP contribution is 2.52. The van der Waals surface area contributed by atoms with Gasteiger partial charge in [-0.25, -0.2) is 4.79 Å². The van der Waals surface area contributed by atoms with Crippen LogP contribution in [0.1, 0.15) is 74.9 Å². The molecule has 0 saturated heterocycles. The fourth-order valence-corrected chi connectivity index (χ4v) is 6.83. The predicted molar refractivity (Wildman–Crippen MR) is 147 cm³/mol. The van der Waals surface area contributed by atoms with Crippen LogP contribution < -0.4 is 4.90 Å². The van der Waals surface area contributed by atoms with Gasteiger partial charge in [0.1, 0.15) is 0 Å². The van der Waals surface area contributed by atoms with E-state index in [1.165, 1.54) is 60.6 Å². The highest BCUT2D eigenvalue weighted by Gasteiger charge is 2.44. The minimum absolute atomic E-state index is 0.135. The molecule has 1 fully saturated rings. The first kappa shape index (κ1) is 24.9. The number of benzene rings is 2. The number of anilines is 1. The third kappa shape index (κ3) is 3.83. The van der Waals surface area contributed by atoms with E-state index in [9.17, 15) is 4.79 Å². The van der Waals surface area contributed by atoms with Crippen molar-refractivity contribution in [3.05, 3.63) is 52.7 Å². The summed E-state index contributed by atoms with van der Waals surface area (Å²) in [6, 6.07) is 11.0. The van der Waals surface area contributed by atoms with Gasteiger partial charge >= 0.3 is 5.97 Å². The fourth-order valence-electron chi connectivity index (χ4n) is 6.83. The Morgan fingerprint density at radius 3 is 2.28 bits per heavy atom. The summed E-state index contributed by atoms with van der Waals surface area (Å²) < 4.78 is 14.4. The second kappa shape index (κ2) is 8.65. The first-order valence-corrected chi connectivity index (χ1v) is 13.2. The van der Waals surface area contributed by atoms with Gasteiger partial charge in [0.05, 0.1) is 29.5 Å². The summed E-state index contributed by atoms with van der Waals surface area (Å²) in [6.45, 7) is 13.4. The summed E-state index contributed by atoms with van der Waals surface area (Å²) in [5.41, 5.74) is 8.78. The van der Waals surface area contributed by atoms with Crippen molar-refractivity contribution < 1.29 is 14.3 Å². The van der Waals surface area contributed by atoms with E-state index in [2.05, 4.69) is 67.6 Å². The number of carbonyl (C=O) groups is 1. The van der Waals surface area contributed by atoms with Gasteiger partial charge in [-0.05, 0) is 77.1 Å². The smallest absolute Gasteiger partial charge is 0.339 e. The SMILES string of the molecule is COC(=O)[C@@H](OC(C)(C)C)c1c(C)c2c3c(cc(C)n3C3(CCCC3)CN2C)c1-c1ccc(C)cc1. The standard InChI is InChI=1S/C31H40N2O3/c1-19-11-13-22(14-12-19)25-23-17-20(2)33-27(23)26(32(7)18-31(33)15-9-10-16-31)21(3)24(25)28(29(34)35-8)36-30(4,5)6/h11-14,17,28H,9-10,15-16,18H2,1-8H3/t28-/m0/s1. The van der Waals surface area contributed by atoms with Crippen LogP contribution in [0.5, 0.6) is 0 Å². The Morgan fingerprint density at radius 2 is 1.69 bits per heavy atom. The van der Waals surface area contributed by atoms with Crippen molar-refractivity contribution in [1.29, 1.82) is 0 Å². The summed E-state index contributed by atoms with van der Waals surface area (Å²) in [5.74, 6) is -0.366. The van der Waals surface area contributed by atoms with Gasteiger partial charge in [-0.2, -0.15) is 0 Å². The summed E-state index contributed by atoms with van der Waals surface area (Å²) >= 11 is 0. The van der Waals surface area contributed by atoms with Crippen molar-refractivity contribution >= 4 is 22.6 Å². The van der Waals surface area contributed by atoms with E-state index in [1.807, 2.05) is 20.8 Å². The Balaban J connectivity index is 1.92. The number of fused-ring (bicyclic) bond motifs is 1. The van der Waals surface area contributed by atoms with E-state index in [4.69, 9.17) is 9.47 Å². The van der Waals surface area contributed by atoms with Crippen molar-refractivity contribution in [2.75, 3.05) is 25.6 Å². The molecule has 0 radical (unpaired) electrons. The maximum atomic E-state index is 13.3. The molecule has 1 saturated carbocycles. The molecular formula is C31H40N2O3. The number of rotatable bonds is 4. The Kier molecular flexibility index (Phi) is 5.98. The Labute approximate surface area is 215 Å². The van der Waals surface area contributed by atoms with Crippen LogP contribution in [0, 0.1) is 20.8 Å². The Bertz CT molecular complexity index is 1320. The normalized spacial score (nSPS) is 17.7. The van der Waals surface area contributed by atoms with Crippen LogP contribution in [0.4, 0.5) is 5.69 Å². The largest absolute Gasteiger partial charge is 0.467 e. The average molecular weight is 489 g/mol. The molecule has 1 aromatic heterocycles. The molecule has 192 valence electrons. The van der Waals surface area contributed by atoms with Crippen LogP contribution in [0.15, 0.2) is 30.3 Å². The third-order valence-electron chi connectivity index (χ3n) is 8.12. The lowest BCUT2D eigenvalue weighted by molar-refractivity contribution is -0.164. The topological polar surface area (TPSA) is 43.7 Å². The van der Waals surface area contributed by atoms with E-state index in [-0.39, 0.29) is 11.5 Å². The number of hydrogen-bond donors (Lipinski definition) is 0. The van der Waals surface area contributed by atoms with E-state index >= 15 is 0 Å².